The number of ether oxygens (including phenoxy) is 1. The topological polar surface area (TPSA) is 33.5 Å². The van der Waals surface area contributed by atoms with Gasteiger partial charge in [-0.25, -0.2) is 13.8 Å². The molecule has 0 fully saturated rings. The van der Waals surface area contributed by atoms with E-state index >= 15 is 0 Å². The Morgan fingerprint density at radius 2 is 1.17 bits per heavy atom. The Hall–Kier alpha value is -8.03. The van der Waals surface area contributed by atoms with Gasteiger partial charge in [-0.15, -0.1) is 0 Å². The highest BCUT2D eigenvalue weighted by Crippen LogP contribution is 2.51. The third-order valence-electron chi connectivity index (χ3n) is 12.7. The van der Waals surface area contributed by atoms with E-state index < -0.39 is 11.6 Å². The molecule has 5 nitrogen and oxygen atoms in total. The first-order valence-electron chi connectivity index (χ1n) is 22.3. The molecule has 0 saturated carbocycles. The minimum Gasteiger partial charge on any atom is -0.457 e. The lowest BCUT2D eigenvalue weighted by atomic mass is 9.88. The number of aryl methyl sites for hydroxylation is 1. The fraction of sp³-hybridized carbons (Fsp3) is 0.102. The van der Waals surface area contributed by atoms with Crippen LogP contribution in [-0.2, 0) is 5.41 Å². The summed E-state index contributed by atoms with van der Waals surface area (Å²) in [6, 6.07) is 62.0. The van der Waals surface area contributed by atoms with E-state index in [1.807, 2.05) is 54.7 Å². The molecule has 10 aromatic rings. The molecule has 66 heavy (non-hydrogen) atoms. The molecule has 0 N–H and O–H groups in total. The van der Waals surface area contributed by atoms with Gasteiger partial charge in [0.1, 0.15) is 35.6 Å². The van der Waals surface area contributed by atoms with Crippen LogP contribution in [0.2, 0.25) is 0 Å². The summed E-state index contributed by atoms with van der Waals surface area (Å²) >= 11 is 0. The Balaban J connectivity index is 1.06. The van der Waals surface area contributed by atoms with Crippen LogP contribution in [0.15, 0.2) is 194 Å². The number of aromatic nitrogens is 2. The predicted octanol–water partition coefficient (Wildman–Crippen LogP) is 16.1. The lowest BCUT2D eigenvalue weighted by Crippen LogP contribution is -2.25. The number of hydrogen-bond donors (Lipinski definition) is 0. The third kappa shape index (κ3) is 7.32. The fourth-order valence-corrected chi connectivity index (χ4v) is 9.51. The standard InChI is InChI=1S/C59H46F2N4O/c1-38-15-8-9-18-48(38)41-31-45(35-47(32-41)66-46-25-26-52-51-19-10-11-22-53(51)65(56(52)36-46)57-33-42(27-28-62-57)59(2,3)4)63-37-64(55-24-13-12-23-54(55)63)58-49(39-16-6-5-7-17-39)20-14-21-50(58)40-29-43(60)34-44(61)30-40/h5-36H,37H2,1-4H3. The number of hydrogen-bond acceptors (Lipinski definition) is 4. The smallest absolute Gasteiger partial charge is 0.137 e. The quantitative estimate of drug-likeness (QED) is 0.152. The number of benzene rings is 8. The minimum atomic E-state index is -0.628. The summed E-state index contributed by atoms with van der Waals surface area (Å²) in [5, 5.41) is 2.25. The van der Waals surface area contributed by atoms with Crippen LogP contribution < -0.4 is 14.5 Å². The summed E-state index contributed by atoms with van der Waals surface area (Å²) in [7, 11) is 0. The van der Waals surface area contributed by atoms with Gasteiger partial charge in [0.15, 0.2) is 0 Å². The van der Waals surface area contributed by atoms with Crippen molar-refractivity contribution in [2.45, 2.75) is 33.1 Å². The van der Waals surface area contributed by atoms with Crippen LogP contribution in [0.25, 0.3) is 61.0 Å². The van der Waals surface area contributed by atoms with E-state index in [1.54, 1.807) is 0 Å². The lowest BCUT2D eigenvalue weighted by Gasteiger charge is -2.27. The molecule has 322 valence electrons. The molecule has 0 unspecified atom stereocenters. The van der Waals surface area contributed by atoms with Crippen LogP contribution in [0, 0.1) is 18.6 Å². The van der Waals surface area contributed by atoms with E-state index in [0.29, 0.717) is 23.7 Å². The first-order chi connectivity index (χ1) is 32.1. The van der Waals surface area contributed by atoms with Crippen molar-refractivity contribution in [3.05, 3.63) is 217 Å². The summed E-state index contributed by atoms with van der Waals surface area (Å²) in [5.74, 6) is 0.969. The molecule has 0 amide bonds. The maximum absolute atomic E-state index is 15.0. The van der Waals surface area contributed by atoms with Gasteiger partial charge in [0.2, 0.25) is 0 Å². The number of pyridine rings is 1. The van der Waals surface area contributed by atoms with E-state index in [0.717, 1.165) is 89.8 Å². The van der Waals surface area contributed by atoms with Crippen LogP contribution in [0.4, 0.5) is 31.5 Å². The number of halogens is 2. The summed E-state index contributed by atoms with van der Waals surface area (Å²) in [4.78, 5) is 9.44. The van der Waals surface area contributed by atoms with Crippen LogP contribution in [0.3, 0.4) is 0 Å². The summed E-state index contributed by atoms with van der Waals surface area (Å²) < 4.78 is 39.2. The number of para-hydroxylation sites is 4. The zero-order valence-electron chi connectivity index (χ0n) is 37.1. The van der Waals surface area contributed by atoms with Crippen LogP contribution in [0.5, 0.6) is 11.5 Å². The molecule has 11 rings (SSSR count). The summed E-state index contributed by atoms with van der Waals surface area (Å²) in [6.45, 7) is 9.20. The number of rotatable bonds is 8. The molecular weight excluding hydrogens is 819 g/mol. The van der Waals surface area contributed by atoms with E-state index in [-0.39, 0.29) is 5.41 Å². The Morgan fingerprint density at radius 1 is 0.515 bits per heavy atom. The maximum atomic E-state index is 15.0. The van der Waals surface area contributed by atoms with Gasteiger partial charge in [0.25, 0.3) is 0 Å². The van der Waals surface area contributed by atoms with Crippen molar-refractivity contribution in [2.75, 3.05) is 16.5 Å². The van der Waals surface area contributed by atoms with Gasteiger partial charge in [-0.3, -0.25) is 4.57 Å². The van der Waals surface area contributed by atoms with E-state index in [4.69, 9.17) is 9.72 Å². The normalized spacial score (nSPS) is 12.6. The molecule has 7 heteroatoms. The molecule has 0 atom stereocenters. The van der Waals surface area contributed by atoms with Crippen molar-refractivity contribution in [3.63, 3.8) is 0 Å². The van der Waals surface area contributed by atoms with Crippen molar-refractivity contribution in [1.82, 2.24) is 9.55 Å². The second-order valence-electron chi connectivity index (χ2n) is 18.0. The van der Waals surface area contributed by atoms with Gasteiger partial charge in [0.05, 0.1) is 28.1 Å². The molecule has 8 aromatic carbocycles. The van der Waals surface area contributed by atoms with Gasteiger partial charge < -0.3 is 14.5 Å². The van der Waals surface area contributed by atoms with Gasteiger partial charge in [-0.1, -0.05) is 124 Å². The SMILES string of the molecule is Cc1ccccc1-c1cc(Oc2ccc3c4ccccc4n(-c4cc(C(C)(C)C)ccn4)c3c2)cc(N2CN(c3c(-c4ccccc4)cccc3-c3cc(F)cc(F)c3)c3ccccc32)c1. The van der Waals surface area contributed by atoms with Crippen molar-refractivity contribution in [3.8, 4) is 50.7 Å². The largest absolute Gasteiger partial charge is 0.457 e. The molecule has 1 aliphatic rings. The minimum absolute atomic E-state index is 0.0499. The number of anilines is 4. The highest BCUT2D eigenvalue weighted by atomic mass is 19.1. The fourth-order valence-electron chi connectivity index (χ4n) is 9.51. The van der Waals surface area contributed by atoms with Crippen molar-refractivity contribution in [1.29, 1.82) is 0 Å². The van der Waals surface area contributed by atoms with Crippen molar-refractivity contribution in [2.24, 2.45) is 0 Å². The third-order valence-corrected chi connectivity index (χ3v) is 12.7. The molecule has 1 aliphatic heterocycles. The maximum Gasteiger partial charge on any atom is 0.137 e. The Bertz CT molecular complexity index is 3460. The average Bonchev–Trinajstić information content (AvgIpc) is 3.87. The van der Waals surface area contributed by atoms with E-state index in [2.05, 4.69) is 163 Å². The first-order valence-corrected chi connectivity index (χ1v) is 22.3. The Labute approximate surface area is 383 Å². The monoisotopic (exact) mass is 864 g/mol. The molecular formula is C59H46F2N4O. The van der Waals surface area contributed by atoms with Crippen LogP contribution in [0.1, 0.15) is 31.9 Å². The lowest BCUT2D eigenvalue weighted by molar-refractivity contribution is 0.483. The molecule has 3 heterocycles. The zero-order chi connectivity index (χ0) is 45.1. The second-order valence-corrected chi connectivity index (χ2v) is 18.0. The molecule has 0 saturated heterocycles. The molecule has 2 aromatic heterocycles. The highest BCUT2D eigenvalue weighted by molar-refractivity contribution is 6.09. The van der Waals surface area contributed by atoms with E-state index in [1.165, 1.54) is 17.7 Å². The molecule has 0 spiro atoms. The Kier molecular flexibility index (Phi) is 9.99. The van der Waals surface area contributed by atoms with Crippen LogP contribution in [-0.4, -0.2) is 16.2 Å². The van der Waals surface area contributed by atoms with Crippen molar-refractivity contribution >= 4 is 44.6 Å². The molecule has 0 radical (unpaired) electrons. The van der Waals surface area contributed by atoms with Crippen LogP contribution >= 0.6 is 0 Å². The van der Waals surface area contributed by atoms with Gasteiger partial charge in [-0.2, -0.15) is 0 Å². The highest BCUT2D eigenvalue weighted by Gasteiger charge is 2.32. The predicted molar refractivity (Wildman–Crippen MR) is 267 cm³/mol. The average molecular weight is 865 g/mol. The molecule has 0 bridgehead atoms. The number of nitrogens with zero attached hydrogens (tertiary/aromatic N) is 4. The van der Waals surface area contributed by atoms with Gasteiger partial charge >= 0.3 is 0 Å². The summed E-state index contributed by atoms with van der Waals surface area (Å²) in [5.41, 5.74) is 13.3. The van der Waals surface area contributed by atoms with E-state index in [9.17, 15) is 8.78 Å². The zero-order valence-corrected chi connectivity index (χ0v) is 37.1. The van der Waals surface area contributed by atoms with Gasteiger partial charge in [0, 0.05) is 52.0 Å². The van der Waals surface area contributed by atoms with Gasteiger partial charge in [-0.05, 0) is 112 Å². The second kappa shape index (κ2) is 16.2. The number of fused-ring (bicyclic) bond motifs is 4. The Morgan fingerprint density at radius 3 is 1.94 bits per heavy atom. The first kappa shape index (κ1) is 40.7. The molecule has 0 aliphatic carbocycles. The summed E-state index contributed by atoms with van der Waals surface area (Å²) in [6.07, 6.45) is 1.90. The van der Waals surface area contributed by atoms with Crippen molar-refractivity contribution < 1.29 is 13.5 Å².